The maximum atomic E-state index is 12.1. The third-order valence-corrected chi connectivity index (χ3v) is 3.55. The zero-order valence-electron chi connectivity index (χ0n) is 15.7. The van der Waals surface area contributed by atoms with Crippen LogP contribution in [0.4, 0.5) is 16.2 Å². The maximum Gasteiger partial charge on any atom is 0.412 e. The van der Waals surface area contributed by atoms with Gasteiger partial charge in [-0.25, -0.2) is 9.59 Å². The minimum Gasteiger partial charge on any atom is -0.495 e. The Morgan fingerprint density at radius 2 is 1.86 bits per heavy atom. The molecule has 8 heteroatoms. The van der Waals surface area contributed by atoms with Gasteiger partial charge in [-0.1, -0.05) is 30.3 Å². The molecule has 0 aliphatic rings. The zero-order chi connectivity index (χ0) is 20.4. The van der Waals surface area contributed by atoms with E-state index < -0.39 is 12.1 Å². The molecule has 0 heterocycles. The first-order chi connectivity index (χ1) is 13.5. The topological polar surface area (TPSA) is 112 Å². The van der Waals surface area contributed by atoms with Crippen molar-refractivity contribution < 1.29 is 23.8 Å². The fraction of sp³-hybridized carbons (Fsp3) is 0.200. The summed E-state index contributed by atoms with van der Waals surface area (Å²) >= 11 is 0. The van der Waals surface area contributed by atoms with Crippen LogP contribution in [-0.2, 0) is 20.9 Å². The first-order valence-corrected chi connectivity index (χ1v) is 8.58. The first-order valence-electron chi connectivity index (χ1n) is 8.58. The zero-order valence-corrected chi connectivity index (χ0v) is 15.7. The fourth-order valence-electron chi connectivity index (χ4n) is 2.20. The molecule has 2 rings (SSSR count). The standard InChI is InChI=1S/C20H23N3O5/c1-3-27-19(24)16(21)12-22-15-9-10-18(26-2)17(11-15)23-20(25)28-13-14-7-5-4-6-8-14/h4-12,22H,3,13,21H2,1-2H3,(H,23,25)/b16-12+. The van der Waals surface area contributed by atoms with E-state index in [9.17, 15) is 9.59 Å². The quantitative estimate of drug-likeness (QED) is 0.472. The lowest BCUT2D eigenvalue weighted by Gasteiger charge is -2.13. The summed E-state index contributed by atoms with van der Waals surface area (Å²) in [5, 5.41) is 5.50. The molecule has 0 saturated carbocycles. The highest BCUT2D eigenvalue weighted by Gasteiger charge is 2.10. The SMILES string of the molecule is CCOC(=O)/C(N)=C\Nc1ccc(OC)c(NC(=O)OCc2ccccc2)c1. The van der Waals surface area contributed by atoms with Crippen LogP contribution in [0.3, 0.4) is 0 Å². The van der Waals surface area contributed by atoms with Gasteiger partial charge in [-0.2, -0.15) is 0 Å². The molecule has 4 N–H and O–H groups in total. The molecule has 2 aromatic rings. The molecule has 0 bridgehead atoms. The van der Waals surface area contributed by atoms with Crippen LogP contribution in [-0.4, -0.2) is 25.8 Å². The number of amides is 1. The Labute approximate surface area is 163 Å². The van der Waals surface area contributed by atoms with Crippen LogP contribution in [0.1, 0.15) is 12.5 Å². The Morgan fingerprint density at radius 3 is 2.54 bits per heavy atom. The average Bonchev–Trinajstić information content (AvgIpc) is 2.71. The van der Waals surface area contributed by atoms with E-state index in [2.05, 4.69) is 10.6 Å². The van der Waals surface area contributed by atoms with Crippen molar-refractivity contribution >= 4 is 23.4 Å². The average molecular weight is 385 g/mol. The number of methoxy groups -OCH3 is 1. The molecule has 148 valence electrons. The lowest BCUT2D eigenvalue weighted by molar-refractivity contribution is -0.138. The number of carbonyl (C=O) groups is 2. The smallest absolute Gasteiger partial charge is 0.412 e. The van der Waals surface area contributed by atoms with Gasteiger partial charge in [-0.05, 0) is 30.7 Å². The second-order valence-corrected chi connectivity index (χ2v) is 5.57. The number of carbonyl (C=O) groups excluding carboxylic acids is 2. The van der Waals surface area contributed by atoms with Gasteiger partial charge in [-0.15, -0.1) is 0 Å². The Morgan fingerprint density at radius 1 is 1.11 bits per heavy atom. The van der Waals surface area contributed by atoms with Gasteiger partial charge in [0.1, 0.15) is 18.1 Å². The number of hydrogen-bond acceptors (Lipinski definition) is 7. The molecular weight excluding hydrogens is 362 g/mol. The highest BCUT2D eigenvalue weighted by Crippen LogP contribution is 2.28. The lowest BCUT2D eigenvalue weighted by atomic mass is 10.2. The van der Waals surface area contributed by atoms with E-state index in [0.717, 1.165) is 5.56 Å². The molecule has 8 nitrogen and oxygen atoms in total. The monoisotopic (exact) mass is 385 g/mol. The Kier molecular flexibility index (Phi) is 7.71. The normalized spacial score (nSPS) is 10.7. The van der Waals surface area contributed by atoms with Gasteiger partial charge >= 0.3 is 12.1 Å². The molecule has 0 aliphatic carbocycles. The second kappa shape index (κ2) is 10.5. The van der Waals surface area contributed by atoms with Crippen molar-refractivity contribution in [2.45, 2.75) is 13.5 Å². The molecule has 0 aromatic heterocycles. The van der Waals surface area contributed by atoms with Gasteiger partial charge in [0.15, 0.2) is 0 Å². The number of esters is 1. The molecule has 1 amide bonds. The Bertz CT molecular complexity index is 837. The molecule has 0 spiro atoms. The highest BCUT2D eigenvalue weighted by atomic mass is 16.5. The Balaban J connectivity index is 2.02. The van der Waals surface area contributed by atoms with Crippen molar-refractivity contribution in [3.8, 4) is 5.75 Å². The summed E-state index contributed by atoms with van der Waals surface area (Å²) in [6, 6.07) is 14.3. The van der Waals surface area contributed by atoms with Crippen molar-refractivity contribution in [2.24, 2.45) is 5.73 Å². The molecule has 0 atom stereocenters. The molecule has 0 saturated heterocycles. The minimum absolute atomic E-state index is 0.0746. The lowest BCUT2D eigenvalue weighted by Crippen LogP contribution is -2.16. The van der Waals surface area contributed by atoms with Crippen LogP contribution in [0.25, 0.3) is 0 Å². The van der Waals surface area contributed by atoms with E-state index in [1.807, 2.05) is 30.3 Å². The number of nitrogens with one attached hydrogen (secondary N) is 2. The molecule has 28 heavy (non-hydrogen) atoms. The van der Waals surface area contributed by atoms with Crippen molar-refractivity contribution in [3.63, 3.8) is 0 Å². The van der Waals surface area contributed by atoms with Crippen LogP contribution in [0.5, 0.6) is 5.75 Å². The van der Waals surface area contributed by atoms with Gasteiger partial charge in [0.25, 0.3) is 0 Å². The third-order valence-electron chi connectivity index (χ3n) is 3.55. The number of nitrogens with two attached hydrogens (primary N) is 1. The van der Waals surface area contributed by atoms with Crippen LogP contribution >= 0.6 is 0 Å². The number of benzene rings is 2. The van der Waals surface area contributed by atoms with Crippen molar-refractivity contribution in [1.82, 2.24) is 0 Å². The first kappa shape index (κ1) is 20.6. The molecule has 0 aliphatic heterocycles. The van der Waals surface area contributed by atoms with Crippen LogP contribution in [0.15, 0.2) is 60.4 Å². The predicted molar refractivity (Wildman–Crippen MR) is 106 cm³/mol. The van der Waals surface area contributed by atoms with E-state index >= 15 is 0 Å². The Hall–Kier alpha value is -3.68. The molecule has 0 unspecified atom stereocenters. The summed E-state index contributed by atoms with van der Waals surface area (Å²) in [5.74, 6) is -0.170. The van der Waals surface area contributed by atoms with Gasteiger partial charge < -0.3 is 25.3 Å². The number of hydrogen-bond donors (Lipinski definition) is 3. The molecular formula is C20H23N3O5. The second-order valence-electron chi connectivity index (χ2n) is 5.57. The van der Waals surface area contributed by atoms with E-state index in [-0.39, 0.29) is 18.9 Å². The van der Waals surface area contributed by atoms with Gasteiger partial charge in [0, 0.05) is 11.9 Å². The van der Waals surface area contributed by atoms with Crippen LogP contribution in [0.2, 0.25) is 0 Å². The molecule has 0 radical (unpaired) electrons. The highest BCUT2D eigenvalue weighted by molar-refractivity contribution is 5.89. The fourth-order valence-corrected chi connectivity index (χ4v) is 2.20. The van der Waals surface area contributed by atoms with Crippen molar-refractivity contribution in [1.29, 1.82) is 0 Å². The minimum atomic E-state index is -0.624. The maximum absolute atomic E-state index is 12.1. The third kappa shape index (κ3) is 6.24. The largest absolute Gasteiger partial charge is 0.495 e. The van der Waals surface area contributed by atoms with Gasteiger partial charge in [0.2, 0.25) is 0 Å². The summed E-state index contributed by atoms with van der Waals surface area (Å²) in [5.41, 5.74) is 7.40. The molecule has 0 fully saturated rings. The van der Waals surface area contributed by atoms with E-state index in [4.69, 9.17) is 19.9 Å². The summed E-state index contributed by atoms with van der Waals surface area (Å²) in [6.45, 7) is 2.07. The van der Waals surface area contributed by atoms with E-state index in [1.54, 1.807) is 25.1 Å². The van der Waals surface area contributed by atoms with Crippen LogP contribution in [0, 0.1) is 0 Å². The van der Waals surface area contributed by atoms with Crippen LogP contribution < -0.4 is 21.1 Å². The van der Waals surface area contributed by atoms with Gasteiger partial charge in [-0.3, -0.25) is 5.32 Å². The number of rotatable bonds is 8. The van der Waals surface area contributed by atoms with Crippen molar-refractivity contribution in [3.05, 3.63) is 66.0 Å². The predicted octanol–water partition coefficient (Wildman–Crippen LogP) is 3.22. The summed E-state index contributed by atoms with van der Waals surface area (Å²) in [7, 11) is 1.49. The number of ether oxygens (including phenoxy) is 3. The summed E-state index contributed by atoms with van der Waals surface area (Å²) in [4.78, 5) is 23.6. The van der Waals surface area contributed by atoms with E-state index in [1.165, 1.54) is 13.3 Å². The van der Waals surface area contributed by atoms with Crippen molar-refractivity contribution in [2.75, 3.05) is 24.4 Å². The molecule has 2 aromatic carbocycles. The number of anilines is 2. The van der Waals surface area contributed by atoms with E-state index in [0.29, 0.717) is 17.1 Å². The summed E-state index contributed by atoms with van der Waals surface area (Å²) in [6.07, 6.45) is 0.693. The van der Waals surface area contributed by atoms with Gasteiger partial charge in [0.05, 0.1) is 19.4 Å². The summed E-state index contributed by atoms with van der Waals surface area (Å²) < 4.78 is 15.3.